The number of nitrogens with zero attached hydrogens (tertiary/aromatic N) is 1. The van der Waals surface area contributed by atoms with E-state index in [4.69, 9.17) is 0 Å². The first-order valence-corrected chi connectivity index (χ1v) is 8.40. The highest BCUT2D eigenvalue weighted by Gasteiger charge is 2.45. The minimum Gasteiger partial charge on any atom is -0.334 e. The number of amides is 1. The zero-order chi connectivity index (χ0) is 16.1. The van der Waals surface area contributed by atoms with Crippen LogP contribution in [-0.2, 0) is 4.79 Å². The summed E-state index contributed by atoms with van der Waals surface area (Å²) in [4.78, 5) is 14.6. The van der Waals surface area contributed by atoms with Crippen molar-refractivity contribution in [3.05, 3.63) is 77.9 Å². The van der Waals surface area contributed by atoms with Crippen LogP contribution in [0.25, 0.3) is 6.08 Å². The second-order valence-electron chi connectivity index (χ2n) is 6.04. The van der Waals surface area contributed by atoms with Crippen LogP contribution in [0.5, 0.6) is 0 Å². The van der Waals surface area contributed by atoms with Gasteiger partial charge in [0, 0.05) is 6.54 Å². The Kier molecular flexibility index (Phi) is 4.92. The molecule has 0 saturated carbocycles. The molecule has 2 aromatic rings. The lowest BCUT2D eigenvalue weighted by Gasteiger charge is -2.46. The lowest BCUT2D eigenvalue weighted by atomic mass is 9.81. The first-order valence-electron chi connectivity index (χ1n) is 8.40. The minimum absolute atomic E-state index is 0.0468. The van der Waals surface area contributed by atoms with Crippen molar-refractivity contribution in [3.63, 3.8) is 0 Å². The molecule has 0 radical (unpaired) electrons. The van der Waals surface area contributed by atoms with Gasteiger partial charge >= 0.3 is 0 Å². The molecule has 1 saturated heterocycles. The van der Waals surface area contributed by atoms with E-state index in [2.05, 4.69) is 43.3 Å². The van der Waals surface area contributed by atoms with Gasteiger partial charge < -0.3 is 4.90 Å². The molecule has 0 unspecified atom stereocenters. The first-order chi connectivity index (χ1) is 11.3. The van der Waals surface area contributed by atoms with Crippen molar-refractivity contribution in [1.82, 2.24) is 4.90 Å². The maximum Gasteiger partial charge on any atom is 0.232 e. The molecule has 118 valence electrons. The van der Waals surface area contributed by atoms with Gasteiger partial charge in [0.25, 0.3) is 0 Å². The fraction of sp³-hybridized carbons (Fsp3) is 0.286. The highest BCUT2D eigenvalue weighted by molar-refractivity contribution is 5.89. The van der Waals surface area contributed by atoms with E-state index in [1.807, 2.05) is 41.3 Å². The standard InChI is InChI=1S/C21H23NO/c1-2-3-16-22-20(18-12-8-5-9-13-18)19(21(22)23)15-14-17-10-6-4-7-11-17/h4-15,19-20H,2-3,16H2,1H3/b15-14+/t19-,20-/m1/s1. The molecule has 23 heavy (non-hydrogen) atoms. The average molecular weight is 305 g/mol. The Morgan fingerprint density at radius 3 is 2.30 bits per heavy atom. The van der Waals surface area contributed by atoms with E-state index in [1.165, 1.54) is 5.56 Å². The fourth-order valence-corrected chi connectivity index (χ4v) is 3.16. The quantitative estimate of drug-likeness (QED) is 0.708. The predicted molar refractivity (Wildman–Crippen MR) is 94.8 cm³/mol. The van der Waals surface area contributed by atoms with E-state index in [1.54, 1.807) is 0 Å². The Morgan fingerprint density at radius 2 is 1.65 bits per heavy atom. The zero-order valence-electron chi connectivity index (χ0n) is 13.6. The highest BCUT2D eigenvalue weighted by Crippen LogP contribution is 2.41. The Labute approximate surface area is 138 Å². The summed E-state index contributed by atoms with van der Waals surface area (Å²) in [5.74, 6) is 0.203. The van der Waals surface area contributed by atoms with Crippen LogP contribution in [0, 0.1) is 5.92 Å². The van der Waals surface area contributed by atoms with Crippen molar-refractivity contribution in [2.24, 2.45) is 5.92 Å². The van der Waals surface area contributed by atoms with E-state index in [0.717, 1.165) is 24.9 Å². The van der Waals surface area contributed by atoms with Crippen molar-refractivity contribution in [3.8, 4) is 0 Å². The molecular weight excluding hydrogens is 282 g/mol. The molecule has 2 heteroatoms. The topological polar surface area (TPSA) is 20.3 Å². The van der Waals surface area contributed by atoms with Gasteiger partial charge in [0.2, 0.25) is 5.91 Å². The number of benzene rings is 2. The van der Waals surface area contributed by atoms with E-state index in [0.29, 0.717) is 0 Å². The van der Waals surface area contributed by atoms with Crippen molar-refractivity contribution < 1.29 is 4.79 Å². The van der Waals surface area contributed by atoms with Crippen LogP contribution in [-0.4, -0.2) is 17.4 Å². The normalized spacial score (nSPS) is 20.7. The van der Waals surface area contributed by atoms with Crippen molar-refractivity contribution >= 4 is 12.0 Å². The summed E-state index contributed by atoms with van der Waals surface area (Å²) >= 11 is 0. The molecule has 0 bridgehead atoms. The number of carbonyl (C=O) groups excluding carboxylic acids is 1. The van der Waals surface area contributed by atoms with E-state index in [9.17, 15) is 4.79 Å². The molecule has 1 aliphatic heterocycles. The molecule has 1 aliphatic rings. The Balaban J connectivity index is 1.80. The number of hydrogen-bond donors (Lipinski definition) is 0. The molecule has 0 aliphatic carbocycles. The van der Waals surface area contributed by atoms with Crippen LogP contribution in [0.3, 0.4) is 0 Å². The zero-order valence-corrected chi connectivity index (χ0v) is 13.6. The maximum absolute atomic E-state index is 12.5. The predicted octanol–water partition coefficient (Wildman–Crippen LogP) is 4.70. The van der Waals surface area contributed by atoms with Gasteiger partial charge in [-0.05, 0) is 17.5 Å². The third-order valence-corrected chi connectivity index (χ3v) is 4.43. The van der Waals surface area contributed by atoms with E-state index in [-0.39, 0.29) is 17.9 Å². The van der Waals surface area contributed by atoms with Crippen molar-refractivity contribution in [2.45, 2.75) is 25.8 Å². The Hall–Kier alpha value is -2.35. The number of rotatable bonds is 6. The molecule has 0 spiro atoms. The summed E-state index contributed by atoms with van der Waals surface area (Å²) in [7, 11) is 0. The summed E-state index contributed by atoms with van der Waals surface area (Å²) in [6, 6.07) is 20.7. The summed E-state index contributed by atoms with van der Waals surface area (Å²) in [5.41, 5.74) is 2.37. The molecule has 3 rings (SSSR count). The van der Waals surface area contributed by atoms with Gasteiger partial charge in [0.15, 0.2) is 0 Å². The van der Waals surface area contributed by atoms with Crippen molar-refractivity contribution in [1.29, 1.82) is 0 Å². The molecule has 1 fully saturated rings. The second kappa shape index (κ2) is 7.28. The number of unbranched alkanes of at least 4 members (excludes halogenated alkanes) is 1. The molecule has 2 nitrogen and oxygen atoms in total. The monoisotopic (exact) mass is 305 g/mol. The molecular formula is C21H23NO. The molecule has 0 aromatic heterocycles. The first kappa shape index (κ1) is 15.5. The van der Waals surface area contributed by atoms with Gasteiger partial charge in [-0.3, -0.25) is 4.79 Å². The number of hydrogen-bond acceptors (Lipinski definition) is 1. The number of likely N-dealkylation sites (tertiary alicyclic amines) is 1. The molecule has 1 heterocycles. The van der Waals surface area contributed by atoms with Crippen molar-refractivity contribution in [2.75, 3.05) is 6.54 Å². The molecule has 2 aromatic carbocycles. The van der Waals surface area contributed by atoms with Gasteiger partial charge in [0.05, 0.1) is 12.0 Å². The smallest absolute Gasteiger partial charge is 0.232 e. The number of carbonyl (C=O) groups is 1. The van der Waals surface area contributed by atoms with Crippen LogP contribution >= 0.6 is 0 Å². The minimum atomic E-state index is -0.0468. The van der Waals surface area contributed by atoms with Crippen LogP contribution in [0.2, 0.25) is 0 Å². The molecule has 1 amide bonds. The average Bonchev–Trinajstić information content (AvgIpc) is 2.61. The van der Waals surface area contributed by atoms with E-state index >= 15 is 0 Å². The largest absolute Gasteiger partial charge is 0.334 e. The summed E-state index contributed by atoms with van der Waals surface area (Å²) in [6.07, 6.45) is 6.30. The maximum atomic E-state index is 12.5. The van der Waals surface area contributed by atoms with Gasteiger partial charge in [-0.25, -0.2) is 0 Å². The second-order valence-corrected chi connectivity index (χ2v) is 6.04. The van der Waals surface area contributed by atoms with Gasteiger partial charge in [-0.2, -0.15) is 0 Å². The third-order valence-electron chi connectivity index (χ3n) is 4.43. The summed E-state index contributed by atoms with van der Waals surface area (Å²) < 4.78 is 0. The lowest BCUT2D eigenvalue weighted by Crippen LogP contribution is -2.54. The van der Waals surface area contributed by atoms with Gasteiger partial charge in [0.1, 0.15) is 0 Å². The molecule has 2 atom stereocenters. The van der Waals surface area contributed by atoms with E-state index < -0.39 is 0 Å². The Morgan fingerprint density at radius 1 is 1.00 bits per heavy atom. The number of β-lactam (4-membered cyclic amide) rings is 1. The van der Waals surface area contributed by atoms with Crippen LogP contribution < -0.4 is 0 Å². The Bertz CT molecular complexity index is 663. The third kappa shape index (κ3) is 3.37. The highest BCUT2D eigenvalue weighted by atomic mass is 16.2. The summed E-state index contributed by atoms with van der Waals surface area (Å²) in [6.45, 7) is 3.01. The fourth-order valence-electron chi connectivity index (χ4n) is 3.16. The lowest BCUT2D eigenvalue weighted by molar-refractivity contribution is -0.153. The summed E-state index contributed by atoms with van der Waals surface area (Å²) in [5, 5.41) is 0. The van der Waals surface area contributed by atoms with Crippen LogP contribution in [0.1, 0.15) is 36.9 Å². The van der Waals surface area contributed by atoms with Crippen LogP contribution in [0.4, 0.5) is 0 Å². The van der Waals surface area contributed by atoms with Gasteiger partial charge in [-0.1, -0.05) is 86.2 Å². The van der Waals surface area contributed by atoms with Gasteiger partial charge in [-0.15, -0.1) is 0 Å². The van der Waals surface area contributed by atoms with Crippen LogP contribution in [0.15, 0.2) is 66.7 Å². The molecule has 0 N–H and O–H groups in total. The SMILES string of the molecule is CCCCN1C(=O)[C@H](/C=C/c2ccccc2)[C@H]1c1ccccc1.